The first-order valence-corrected chi connectivity index (χ1v) is 9.75. The molecule has 0 amide bonds. The Balaban J connectivity index is 0.00000210. The minimum atomic E-state index is 0. The average molecular weight is 504 g/mol. The molecule has 1 aromatic heterocycles. The highest BCUT2D eigenvalue weighted by atomic mass is 79.9. The minimum absolute atomic E-state index is 0. The Bertz CT molecular complexity index is 987. The number of hydrogen-bond acceptors (Lipinski definition) is 4. The standard InChI is InChI=1S/C21H15BrN2OS.BrH/c22-16-8-6-15(7-9-16)20-14-26-21(24-20)23-17-10-12-19(13-11-17)25-18-4-2-1-3-5-18;/h1-14H,(H,23,24);1H. The van der Waals surface area contributed by atoms with Gasteiger partial charge in [0, 0.05) is 21.1 Å². The van der Waals surface area contributed by atoms with Gasteiger partial charge in [0.15, 0.2) is 5.13 Å². The van der Waals surface area contributed by atoms with E-state index in [0.29, 0.717) is 0 Å². The van der Waals surface area contributed by atoms with Gasteiger partial charge in [-0.3, -0.25) is 0 Å². The molecule has 1 heterocycles. The summed E-state index contributed by atoms with van der Waals surface area (Å²) in [6.45, 7) is 0. The molecule has 0 fully saturated rings. The van der Waals surface area contributed by atoms with Gasteiger partial charge in [0.1, 0.15) is 11.5 Å². The van der Waals surface area contributed by atoms with Gasteiger partial charge in [0.2, 0.25) is 0 Å². The lowest BCUT2D eigenvalue weighted by Gasteiger charge is -2.07. The van der Waals surface area contributed by atoms with E-state index in [-0.39, 0.29) is 17.0 Å². The molecule has 0 aliphatic rings. The molecule has 0 bridgehead atoms. The average Bonchev–Trinajstić information content (AvgIpc) is 3.13. The van der Waals surface area contributed by atoms with Crippen LogP contribution in [-0.2, 0) is 0 Å². The summed E-state index contributed by atoms with van der Waals surface area (Å²) < 4.78 is 6.87. The molecule has 1 N–H and O–H groups in total. The fraction of sp³-hybridized carbons (Fsp3) is 0. The Morgan fingerprint density at radius 3 is 2.19 bits per heavy atom. The second kappa shape index (κ2) is 9.17. The van der Waals surface area contributed by atoms with Gasteiger partial charge in [-0.05, 0) is 48.5 Å². The van der Waals surface area contributed by atoms with Crippen molar-refractivity contribution in [2.45, 2.75) is 0 Å². The molecule has 6 heteroatoms. The third-order valence-electron chi connectivity index (χ3n) is 3.73. The topological polar surface area (TPSA) is 34.1 Å². The molecule has 0 aliphatic heterocycles. The Hall–Kier alpha value is -2.15. The summed E-state index contributed by atoms with van der Waals surface area (Å²) in [6, 6.07) is 25.8. The Morgan fingerprint density at radius 1 is 0.815 bits per heavy atom. The maximum Gasteiger partial charge on any atom is 0.187 e. The van der Waals surface area contributed by atoms with Crippen LogP contribution in [0, 0.1) is 0 Å². The zero-order chi connectivity index (χ0) is 17.8. The van der Waals surface area contributed by atoms with Crippen LogP contribution in [0.3, 0.4) is 0 Å². The monoisotopic (exact) mass is 502 g/mol. The Kier molecular flexibility index (Phi) is 6.66. The van der Waals surface area contributed by atoms with Crippen molar-refractivity contribution in [2.75, 3.05) is 5.32 Å². The van der Waals surface area contributed by atoms with E-state index in [1.165, 1.54) is 0 Å². The maximum atomic E-state index is 5.81. The summed E-state index contributed by atoms with van der Waals surface area (Å²) in [7, 11) is 0. The predicted molar refractivity (Wildman–Crippen MR) is 122 cm³/mol. The van der Waals surface area contributed by atoms with E-state index in [1.807, 2.05) is 66.7 Å². The highest BCUT2D eigenvalue weighted by molar-refractivity contribution is 9.10. The summed E-state index contributed by atoms with van der Waals surface area (Å²) in [5.41, 5.74) is 3.04. The van der Waals surface area contributed by atoms with Gasteiger partial charge in [0.05, 0.1) is 5.69 Å². The molecule has 0 saturated carbocycles. The van der Waals surface area contributed by atoms with E-state index in [0.717, 1.165) is 38.0 Å². The third-order valence-corrected chi connectivity index (χ3v) is 5.02. The molecule has 136 valence electrons. The second-order valence-electron chi connectivity index (χ2n) is 5.61. The summed E-state index contributed by atoms with van der Waals surface area (Å²) in [5.74, 6) is 1.63. The second-order valence-corrected chi connectivity index (χ2v) is 7.38. The molecule has 0 radical (unpaired) electrons. The van der Waals surface area contributed by atoms with Gasteiger partial charge in [-0.1, -0.05) is 46.3 Å². The minimum Gasteiger partial charge on any atom is -0.457 e. The highest BCUT2D eigenvalue weighted by Crippen LogP contribution is 2.29. The van der Waals surface area contributed by atoms with Crippen LogP contribution >= 0.6 is 44.2 Å². The molecule has 3 nitrogen and oxygen atoms in total. The van der Waals surface area contributed by atoms with Crippen molar-refractivity contribution in [1.29, 1.82) is 0 Å². The largest absolute Gasteiger partial charge is 0.457 e. The number of nitrogens with zero attached hydrogens (tertiary/aromatic N) is 1. The summed E-state index contributed by atoms with van der Waals surface area (Å²) in [6.07, 6.45) is 0. The molecule has 4 rings (SSSR count). The number of aromatic nitrogens is 1. The van der Waals surface area contributed by atoms with Crippen LogP contribution in [0.25, 0.3) is 11.3 Å². The molecule has 27 heavy (non-hydrogen) atoms. The van der Waals surface area contributed by atoms with E-state index in [1.54, 1.807) is 11.3 Å². The van der Waals surface area contributed by atoms with Gasteiger partial charge in [-0.15, -0.1) is 28.3 Å². The van der Waals surface area contributed by atoms with E-state index < -0.39 is 0 Å². The van der Waals surface area contributed by atoms with Crippen LogP contribution < -0.4 is 10.1 Å². The van der Waals surface area contributed by atoms with Crippen molar-refractivity contribution in [2.24, 2.45) is 0 Å². The van der Waals surface area contributed by atoms with Crippen LogP contribution in [-0.4, -0.2) is 4.98 Å². The van der Waals surface area contributed by atoms with Crippen molar-refractivity contribution in [3.05, 3.63) is 88.7 Å². The smallest absolute Gasteiger partial charge is 0.187 e. The van der Waals surface area contributed by atoms with Gasteiger partial charge in [-0.25, -0.2) is 4.98 Å². The Labute approximate surface area is 181 Å². The fourth-order valence-electron chi connectivity index (χ4n) is 2.44. The van der Waals surface area contributed by atoms with Crippen LogP contribution in [0.5, 0.6) is 11.5 Å². The van der Waals surface area contributed by atoms with Crippen molar-refractivity contribution >= 4 is 55.1 Å². The normalized spacial score (nSPS) is 10.1. The molecule has 0 unspecified atom stereocenters. The molecule has 0 aliphatic carbocycles. The van der Waals surface area contributed by atoms with E-state index in [2.05, 4.69) is 43.7 Å². The van der Waals surface area contributed by atoms with Crippen LogP contribution in [0.1, 0.15) is 0 Å². The zero-order valence-corrected chi connectivity index (χ0v) is 18.2. The number of benzene rings is 3. The first-order valence-electron chi connectivity index (χ1n) is 8.08. The quantitative estimate of drug-likeness (QED) is 0.303. The number of halogens is 2. The lowest BCUT2D eigenvalue weighted by atomic mass is 10.2. The van der Waals surface area contributed by atoms with Gasteiger partial charge in [0.25, 0.3) is 0 Å². The van der Waals surface area contributed by atoms with Crippen LogP contribution in [0.4, 0.5) is 10.8 Å². The van der Waals surface area contributed by atoms with Crippen molar-refractivity contribution < 1.29 is 4.74 Å². The number of rotatable bonds is 5. The van der Waals surface area contributed by atoms with Gasteiger partial charge >= 0.3 is 0 Å². The number of anilines is 2. The van der Waals surface area contributed by atoms with Gasteiger partial charge in [-0.2, -0.15) is 0 Å². The number of nitrogens with one attached hydrogen (secondary N) is 1. The van der Waals surface area contributed by atoms with E-state index >= 15 is 0 Å². The fourth-order valence-corrected chi connectivity index (χ4v) is 3.44. The number of hydrogen-bond donors (Lipinski definition) is 1. The molecule has 3 aromatic carbocycles. The maximum absolute atomic E-state index is 5.81. The first-order chi connectivity index (χ1) is 12.8. The summed E-state index contributed by atoms with van der Waals surface area (Å²) >= 11 is 5.04. The number of ether oxygens (including phenoxy) is 1. The highest BCUT2D eigenvalue weighted by Gasteiger charge is 2.05. The summed E-state index contributed by atoms with van der Waals surface area (Å²) in [4.78, 5) is 4.66. The number of para-hydroxylation sites is 1. The number of thiazole rings is 1. The van der Waals surface area contributed by atoms with E-state index in [4.69, 9.17) is 4.74 Å². The molecular formula is C21H16Br2N2OS. The van der Waals surface area contributed by atoms with Crippen molar-refractivity contribution in [3.63, 3.8) is 0 Å². The van der Waals surface area contributed by atoms with Gasteiger partial charge < -0.3 is 10.1 Å². The molecule has 4 aromatic rings. The van der Waals surface area contributed by atoms with Crippen LogP contribution in [0.2, 0.25) is 0 Å². The Morgan fingerprint density at radius 2 is 1.48 bits per heavy atom. The first kappa shape index (κ1) is 19.6. The van der Waals surface area contributed by atoms with Crippen molar-refractivity contribution in [1.82, 2.24) is 4.98 Å². The predicted octanol–water partition coefficient (Wildman–Crippen LogP) is 7.69. The lowest BCUT2D eigenvalue weighted by molar-refractivity contribution is 0.483. The molecule has 0 atom stereocenters. The summed E-state index contributed by atoms with van der Waals surface area (Å²) in [5, 5.41) is 6.25. The molecule has 0 saturated heterocycles. The third kappa shape index (κ3) is 5.19. The van der Waals surface area contributed by atoms with Crippen molar-refractivity contribution in [3.8, 4) is 22.8 Å². The lowest BCUT2D eigenvalue weighted by Crippen LogP contribution is -1.90. The molecular weight excluding hydrogens is 488 g/mol. The zero-order valence-electron chi connectivity index (χ0n) is 14.1. The molecule has 0 spiro atoms. The van der Waals surface area contributed by atoms with Crippen LogP contribution in [0.15, 0.2) is 88.7 Å². The van der Waals surface area contributed by atoms with E-state index in [9.17, 15) is 0 Å². The SMILES string of the molecule is Br.Brc1ccc(-c2csc(Nc3ccc(Oc4ccccc4)cc3)n2)cc1.